The summed E-state index contributed by atoms with van der Waals surface area (Å²) in [5, 5.41) is 11.1. The number of benzene rings is 2. The fourth-order valence-electron chi connectivity index (χ4n) is 3.45. The summed E-state index contributed by atoms with van der Waals surface area (Å²) in [6, 6.07) is 13.2. The van der Waals surface area contributed by atoms with E-state index < -0.39 is 5.97 Å². The maximum Gasteiger partial charge on any atom is 0.338 e. The number of aromatic nitrogens is 1. The van der Waals surface area contributed by atoms with Gasteiger partial charge in [-0.2, -0.15) is 0 Å². The predicted octanol–water partition coefficient (Wildman–Crippen LogP) is 4.40. The Morgan fingerprint density at radius 2 is 1.85 bits per heavy atom. The number of aromatic carboxylic acids is 1. The van der Waals surface area contributed by atoms with Crippen LogP contribution in [0, 0.1) is 6.92 Å². The Morgan fingerprint density at radius 1 is 1.15 bits per heavy atom. The van der Waals surface area contributed by atoms with Crippen LogP contribution in [0.3, 0.4) is 0 Å². The van der Waals surface area contributed by atoms with Gasteiger partial charge in [0.1, 0.15) is 0 Å². The molecule has 0 bridgehead atoms. The second kappa shape index (κ2) is 7.18. The quantitative estimate of drug-likeness (QED) is 0.727. The smallest absolute Gasteiger partial charge is 0.338 e. The molecular weight excluding hydrogens is 364 g/mol. The van der Waals surface area contributed by atoms with Gasteiger partial charge in [0.05, 0.1) is 35.7 Å². The van der Waals surface area contributed by atoms with Crippen molar-refractivity contribution in [2.75, 3.05) is 31.2 Å². The minimum atomic E-state index is -0.987. The van der Waals surface area contributed by atoms with Crippen molar-refractivity contribution in [3.05, 3.63) is 58.6 Å². The molecule has 138 valence electrons. The predicted molar refractivity (Wildman–Crippen MR) is 107 cm³/mol. The van der Waals surface area contributed by atoms with E-state index in [0.717, 1.165) is 11.1 Å². The standard InChI is InChI=1S/C21H19ClN2O3/c1-13-2-4-14(5-3-13)19-20(24-8-10-27-11-9-24)18(21(25)26)16-12-15(22)6-7-17(16)23-19/h2-7,12H,8-11H2,1H3,(H,25,26). The number of hydrogen-bond donors (Lipinski definition) is 1. The molecule has 0 aliphatic carbocycles. The number of carboxylic acids is 1. The maximum atomic E-state index is 12.3. The van der Waals surface area contributed by atoms with E-state index >= 15 is 0 Å². The van der Waals surface area contributed by atoms with Gasteiger partial charge < -0.3 is 14.7 Å². The molecule has 1 fully saturated rings. The molecule has 3 aromatic rings. The molecule has 2 heterocycles. The van der Waals surface area contributed by atoms with Crippen LogP contribution in [0.15, 0.2) is 42.5 Å². The molecule has 5 nitrogen and oxygen atoms in total. The van der Waals surface area contributed by atoms with Gasteiger partial charge in [0, 0.05) is 29.1 Å². The topological polar surface area (TPSA) is 62.7 Å². The summed E-state index contributed by atoms with van der Waals surface area (Å²) in [5.74, 6) is -0.987. The molecular formula is C21H19ClN2O3. The van der Waals surface area contributed by atoms with Crippen LogP contribution < -0.4 is 4.90 Å². The Hall–Kier alpha value is -2.63. The van der Waals surface area contributed by atoms with E-state index in [2.05, 4.69) is 4.90 Å². The maximum absolute atomic E-state index is 12.3. The molecule has 1 aromatic heterocycles. The summed E-state index contributed by atoms with van der Waals surface area (Å²) in [6.07, 6.45) is 0. The Kier molecular flexibility index (Phi) is 4.72. The van der Waals surface area contributed by atoms with E-state index in [1.807, 2.05) is 31.2 Å². The van der Waals surface area contributed by atoms with E-state index in [-0.39, 0.29) is 5.56 Å². The number of aryl methyl sites for hydroxylation is 1. The fraction of sp³-hybridized carbons (Fsp3) is 0.238. The summed E-state index contributed by atoms with van der Waals surface area (Å²) in [5.41, 5.74) is 4.18. The highest BCUT2D eigenvalue weighted by molar-refractivity contribution is 6.31. The molecule has 1 aliphatic rings. The minimum absolute atomic E-state index is 0.236. The zero-order valence-corrected chi connectivity index (χ0v) is 15.7. The third-order valence-electron chi connectivity index (χ3n) is 4.79. The summed E-state index contributed by atoms with van der Waals surface area (Å²) in [7, 11) is 0. The third kappa shape index (κ3) is 3.36. The van der Waals surface area contributed by atoms with E-state index in [1.54, 1.807) is 18.2 Å². The molecule has 4 rings (SSSR count). The van der Waals surface area contributed by atoms with Gasteiger partial charge in [-0.25, -0.2) is 9.78 Å². The molecule has 1 saturated heterocycles. The summed E-state index contributed by atoms with van der Waals surface area (Å²) in [6.45, 7) is 4.37. The van der Waals surface area contributed by atoms with E-state index in [9.17, 15) is 9.90 Å². The molecule has 0 spiro atoms. The molecule has 0 amide bonds. The number of ether oxygens (including phenoxy) is 1. The van der Waals surface area contributed by atoms with Crippen molar-refractivity contribution >= 4 is 34.2 Å². The fourth-order valence-corrected chi connectivity index (χ4v) is 3.62. The van der Waals surface area contributed by atoms with Gasteiger partial charge in [0.25, 0.3) is 0 Å². The second-order valence-electron chi connectivity index (χ2n) is 6.62. The number of hydrogen-bond acceptors (Lipinski definition) is 4. The SMILES string of the molecule is Cc1ccc(-c2nc3ccc(Cl)cc3c(C(=O)O)c2N2CCOCC2)cc1. The van der Waals surface area contributed by atoms with Crippen molar-refractivity contribution < 1.29 is 14.6 Å². The monoisotopic (exact) mass is 382 g/mol. The van der Waals surface area contributed by atoms with E-state index in [1.165, 1.54) is 0 Å². The second-order valence-corrected chi connectivity index (χ2v) is 7.05. The van der Waals surface area contributed by atoms with Crippen LogP contribution in [0.2, 0.25) is 5.02 Å². The number of rotatable bonds is 3. The Labute approximate surface area is 162 Å². The average molecular weight is 383 g/mol. The van der Waals surface area contributed by atoms with Crippen LogP contribution in [-0.2, 0) is 4.74 Å². The number of morpholine rings is 1. The highest BCUT2D eigenvalue weighted by Gasteiger charge is 2.26. The van der Waals surface area contributed by atoms with Gasteiger partial charge in [0.15, 0.2) is 0 Å². The zero-order chi connectivity index (χ0) is 19.0. The highest BCUT2D eigenvalue weighted by atomic mass is 35.5. The van der Waals surface area contributed by atoms with Crippen molar-refractivity contribution in [1.29, 1.82) is 0 Å². The molecule has 1 aliphatic heterocycles. The summed E-state index contributed by atoms with van der Waals surface area (Å²) < 4.78 is 5.46. The van der Waals surface area contributed by atoms with Crippen molar-refractivity contribution in [3.8, 4) is 11.3 Å². The first-order chi connectivity index (χ1) is 13.0. The molecule has 6 heteroatoms. The largest absolute Gasteiger partial charge is 0.478 e. The van der Waals surface area contributed by atoms with Gasteiger partial charge in [0.2, 0.25) is 0 Å². The van der Waals surface area contributed by atoms with Crippen LogP contribution in [0.4, 0.5) is 5.69 Å². The Balaban J connectivity index is 2.06. The van der Waals surface area contributed by atoms with Crippen molar-refractivity contribution in [1.82, 2.24) is 4.98 Å². The van der Waals surface area contributed by atoms with Gasteiger partial charge in [-0.05, 0) is 25.1 Å². The Morgan fingerprint density at radius 3 is 2.52 bits per heavy atom. The van der Waals surface area contributed by atoms with Gasteiger partial charge in [-0.1, -0.05) is 41.4 Å². The lowest BCUT2D eigenvalue weighted by molar-refractivity contribution is 0.0698. The molecule has 1 N–H and O–H groups in total. The molecule has 27 heavy (non-hydrogen) atoms. The number of carboxylic acid groups (broad SMARTS) is 1. The lowest BCUT2D eigenvalue weighted by Crippen LogP contribution is -2.37. The Bertz CT molecular complexity index is 1010. The molecule has 2 aromatic carbocycles. The summed E-state index contributed by atoms with van der Waals surface area (Å²) >= 11 is 6.15. The normalized spacial score (nSPS) is 14.5. The first-order valence-electron chi connectivity index (χ1n) is 8.81. The van der Waals surface area contributed by atoms with Crippen LogP contribution >= 0.6 is 11.6 Å². The van der Waals surface area contributed by atoms with Crippen molar-refractivity contribution in [3.63, 3.8) is 0 Å². The molecule has 0 atom stereocenters. The van der Waals surface area contributed by atoms with Crippen molar-refractivity contribution in [2.45, 2.75) is 6.92 Å². The number of halogens is 1. The molecule has 0 unspecified atom stereocenters. The lowest BCUT2D eigenvalue weighted by Gasteiger charge is -2.32. The molecule has 0 saturated carbocycles. The van der Waals surface area contributed by atoms with Gasteiger partial charge in [-0.3, -0.25) is 0 Å². The molecule has 0 radical (unpaired) electrons. The number of carbonyl (C=O) groups is 1. The van der Waals surface area contributed by atoms with Crippen LogP contribution in [0.1, 0.15) is 15.9 Å². The number of nitrogens with zero attached hydrogens (tertiary/aromatic N) is 2. The van der Waals surface area contributed by atoms with Crippen molar-refractivity contribution in [2.24, 2.45) is 0 Å². The summed E-state index contributed by atoms with van der Waals surface area (Å²) in [4.78, 5) is 19.2. The van der Waals surface area contributed by atoms with Crippen LogP contribution in [0.25, 0.3) is 22.2 Å². The van der Waals surface area contributed by atoms with Crippen LogP contribution in [-0.4, -0.2) is 42.4 Å². The van der Waals surface area contributed by atoms with E-state index in [4.69, 9.17) is 21.3 Å². The van der Waals surface area contributed by atoms with Gasteiger partial charge in [-0.15, -0.1) is 0 Å². The number of anilines is 1. The average Bonchev–Trinajstić information content (AvgIpc) is 2.67. The minimum Gasteiger partial charge on any atom is -0.478 e. The van der Waals surface area contributed by atoms with Crippen LogP contribution in [0.5, 0.6) is 0 Å². The number of pyridine rings is 1. The zero-order valence-electron chi connectivity index (χ0n) is 14.9. The lowest BCUT2D eigenvalue weighted by atomic mass is 9.99. The van der Waals surface area contributed by atoms with Gasteiger partial charge >= 0.3 is 5.97 Å². The van der Waals surface area contributed by atoms with E-state index in [0.29, 0.717) is 53.6 Å². The first-order valence-corrected chi connectivity index (χ1v) is 9.18. The number of fused-ring (bicyclic) bond motifs is 1. The third-order valence-corrected chi connectivity index (χ3v) is 5.02. The first kappa shape index (κ1) is 17.8. The highest BCUT2D eigenvalue weighted by Crippen LogP contribution is 2.38.